The van der Waals surface area contributed by atoms with Crippen molar-refractivity contribution in [1.82, 2.24) is 0 Å². The molecule has 1 saturated carbocycles. The van der Waals surface area contributed by atoms with Crippen molar-refractivity contribution in [3.05, 3.63) is 35.9 Å². The maximum absolute atomic E-state index is 13.4. The molecule has 19 heavy (non-hydrogen) atoms. The van der Waals surface area contributed by atoms with Crippen molar-refractivity contribution in [3.8, 4) is 0 Å². The molecule has 0 unspecified atom stereocenters. The van der Waals surface area contributed by atoms with Gasteiger partial charge < -0.3 is 9.47 Å². The van der Waals surface area contributed by atoms with Crippen LogP contribution in [0.1, 0.15) is 29.6 Å². The molecule has 1 fully saturated rings. The van der Waals surface area contributed by atoms with E-state index in [1.807, 2.05) is 0 Å². The van der Waals surface area contributed by atoms with Crippen molar-refractivity contribution in [2.45, 2.75) is 37.4 Å². The zero-order valence-electron chi connectivity index (χ0n) is 10.6. The van der Waals surface area contributed by atoms with E-state index in [0.717, 1.165) is 0 Å². The zero-order chi connectivity index (χ0) is 13.9. The molecule has 2 atom stereocenters. The topological polar surface area (TPSA) is 35.5 Å². The molecule has 1 aromatic rings. The number of methoxy groups -OCH3 is 1. The molecular formula is C14H16F2O3. The molecule has 0 aliphatic heterocycles. The van der Waals surface area contributed by atoms with E-state index < -0.39 is 24.1 Å². The highest BCUT2D eigenvalue weighted by Crippen LogP contribution is 2.36. The van der Waals surface area contributed by atoms with Gasteiger partial charge in [0.15, 0.2) is 0 Å². The van der Waals surface area contributed by atoms with Gasteiger partial charge in [0.1, 0.15) is 12.2 Å². The number of carbonyl (C=O) groups is 1. The first-order chi connectivity index (χ1) is 9.03. The molecular weight excluding hydrogens is 254 g/mol. The molecule has 0 radical (unpaired) electrons. The molecule has 1 aliphatic carbocycles. The molecule has 1 aromatic carbocycles. The van der Waals surface area contributed by atoms with Gasteiger partial charge in [-0.05, 0) is 18.6 Å². The van der Waals surface area contributed by atoms with Gasteiger partial charge in [-0.2, -0.15) is 0 Å². The number of esters is 1. The van der Waals surface area contributed by atoms with Gasteiger partial charge in [0, 0.05) is 20.0 Å². The third-order valence-electron chi connectivity index (χ3n) is 3.32. The van der Waals surface area contributed by atoms with Gasteiger partial charge in [-0.3, -0.25) is 0 Å². The van der Waals surface area contributed by atoms with Crippen LogP contribution < -0.4 is 0 Å². The van der Waals surface area contributed by atoms with Gasteiger partial charge in [-0.1, -0.05) is 18.2 Å². The van der Waals surface area contributed by atoms with Crippen molar-refractivity contribution >= 4 is 5.97 Å². The summed E-state index contributed by atoms with van der Waals surface area (Å²) in [4.78, 5) is 11.8. The molecule has 1 aliphatic rings. The average molecular weight is 270 g/mol. The Hall–Kier alpha value is -1.49. The lowest BCUT2D eigenvalue weighted by Crippen LogP contribution is -2.44. The number of benzene rings is 1. The van der Waals surface area contributed by atoms with Gasteiger partial charge in [0.25, 0.3) is 5.92 Å². The SMILES string of the molecule is CO[C@H]1C[C@H](OC(=O)c2ccccc2)CCC1(F)F. The molecule has 0 spiro atoms. The van der Waals surface area contributed by atoms with Crippen LogP contribution in [0.5, 0.6) is 0 Å². The Kier molecular flexibility index (Phi) is 4.14. The van der Waals surface area contributed by atoms with E-state index in [2.05, 4.69) is 0 Å². The van der Waals surface area contributed by atoms with Crippen LogP contribution in [-0.2, 0) is 9.47 Å². The zero-order valence-corrected chi connectivity index (χ0v) is 10.6. The largest absolute Gasteiger partial charge is 0.459 e. The van der Waals surface area contributed by atoms with Crippen molar-refractivity contribution in [3.63, 3.8) is 0 Å². The highest BCUT2D eigenvalue weighted by atomic mass is 19.3. The van der Waals surface area contributed by atoms with E-state index in [1.54, 1.807) is 30.3 Å². The van der Waals surface area contributed by atoms with Crippen LogP contribution in [0.2, 0.25) is 0 Å². The highest BCUT2D eigenvalue weighted by Gasteiger charge is 2.46. The van der Waals surface area contributed by atoms with Gasteiger partial charge in [0.2, 0.25) is 0 Å². The number of alkyl halides is 2. The highest BCUT2D eigenvalue weighted by molar-refractivity contribution is 5.89. The second kappa shape index (κ2) is 5.65. The first kappa shape index (κ1) is 13.9. The molecule has 5 heteroatoms. The first-order valence-corrected chi connectivity index (χ1v) is 6.19. The van der Waals surface area contributed by atoms with E-state index in [4.69, 9.17) is 9.47 Å². The summed E-state index contributed by atoms with van der Waals surface area (Å²) < 4.78 is 36.9. The molecule has 0 heterocycles. The Morgan fingerprint density at radius 2 is 2.00 bits per heavy atom. The van der Waals surface area contributed by atoms with Crippen LogP contribution in [-0.4, -0.2) is 31.2 Å². The summed E-state index contributed by atoms with van der Waals surface area (Å²) in [5.74, 6) is -3.32. The van der Waals surface area contributed by atoms with Gasteiger partial charge in [0.05, 0.1) is 5.56 Å². The Bertz CT molecular complexity index is 434. The van der Waals surface area contributed by atoms with Crippen LogP contribution in [0, 0.1) is 0 Å². The number of halogens is 2. The van der Waals surface area contributed by atoms with Gasteiger partial charge >= 0.3 is 5.97 Å². The Morgan fingerprint density at radius 1 is 1.32 bits per heavy atom. The quantitative estimate of drug-likeness (QED) is 0.792. The summed E-state index contributed by atoms with van der Waals surface area (Å²) in [7, 11) is 1.25. The van der Waals surface area contributed by atoms with Crippen LogP contribution >= 0.6 is 0 Å². The summed E-state index contributed by atoms with van der Waals surface area (Å²) >= 11 is 0. The molecule has 3 nitrogen and oxygen atoms in total. The predicted molar refractivity (Wildman–Crippen MR) is 65.2 cm³/mol. The average Bonchev–Trinajstić information content (AvgIpc) is 2.41. The first-order valence-electron chi connectivity index (χ1n) is 6.19. The third kappa shape index (κ3) is 3.29. The Balaban J connectivity index is 1.96. The maximum atomic E-state index is 13.4. The molecule has 0 bridgehead atoms. The molecule has 0 amide bonds. The van der Waals surface area contributed by atoms with E-state index in [0.29, 0.717) is 5.56 Å². The van der Waals surface area contributed by atoms with Crippen LogP contribution in [0.15, 0.2) is 30.3 Å². The Morgan fingerprint density at radius 3 is 2.63 bits per heavy atom. The number of rotatable bonds is 3. The second-order valence-electron chi connectivity index (χ2n) is 4.65. The van der Waals surface area contributed by atoms with Crippen molar-refractivity contribution < 1.29 is 23.0 Å². The van der Waals surface area contributed by atoms with E-state index >= 15 is 0 Å². The van der Waals surface area contributed by atoms with Crippen LogP contribution in [0.4, 0.5) is 8.78 Å². The van der Waals surface area contributed by atoms with Crippen molar-refractivity contribution in [2.24, 2.45) is 0 Å². The normalized spacial score (nSPS) is 25.8. The number of hydrogen-bond acceptors (Lipinski definition) is 3. The smallest absolute Gasteiger partial charge is 0.338 e. The lowest BCUT2D eigenvalue weighted by Gasteiger charge is -2.34. The molecule has 0 aromatic heterocycles. The van der Waals surface area contributed by atoms with Crippen molar-refractivity contribution in [1.29, 1.82) is 0 Å². The van der Waals surface area contributed by atoms with E-state index in [-0.39, 0.29) is 19.3 Å². The molecule has 0 saturated heterocycles. The molecule has 2 rings (SSSR count). The minimum Gasteiger partial charge on any atom is -0.459 e. The second-order valence-corrected chi connectivity index (χ2v) is 4.65. The summed E-state index contributed by atoms with van der Waals surface area (Å²) in [6.07, 6.45) is -1.83. The summed E-state index contributed by atoms with van der Waals surface area (Å²) in [5.41, 5.74) is 0.425. The fraction of sp³-hybridized carbons (Fsp3) is 0.500. The van der Waals surface area contributed by atoms with Crippen LogP contribution in [0.3, 0.4) is 0 Å². The predicted octanol–water partition coefficient (Wildman–Crippen LogP) is 3.05. The van der Waals surface area contributed by atoms with Gasteiger partial charge in [-0.25, -0.2) is 13.6 Å². The maximum Gasteiger partial charge on any atom is 0.338 e. The number of carbonyl (C=O) groups excluding carboxylic acids is 1. The standard InChI is InChI=1S/C14H16F2O3/c1-18-12-9-11(7-8-14(12,15)16)19-13(17)10-5-3-2-4-6-10/h2-6,11-12H,7-9H2,1H3/t11-,12+/m1/s1. The minimum absolute atomic E-state index is 0.0298. The third-order valence-corrected chi connectivity index (χ3v) is 3.32. The van der Waals surface area contributed by atoms with Gasteiger partial charge in [-0.15, -0.1) is 0 Å². The number of ether oxygens (including phenoxy) is 2. The monoisotopic (exact) mass is 270 g/mol. The van der Waals surface area contributed by atoms with Crippen LogP contribution in [0.25, 0.3) is 0 Å². The fourth-order valence-electron chi connectivity index (χ4n) is 2.21. The summed E-state index contributed by atoms with van der Waals surface area (Å²) in [5, 5.41) is 0. The lowest BCUT2D eigenvalue weighted by atomic mass is 9.91. The number of hydrogen-bond donors (Lipinski definition) is 0. The Labute approximate surface area is 110 Å². The minimum atomic E-state index is -2.84. The van der Waals surface area contributed by atoms with E-state index in [1.165, 1.54) is 7.11 Å². The van der Waals surface area contributed by atoms with E-state index in [9.17, 15) is 13.6 Å². The fourth-order valence-corrected chi connectivity index (χ4v) is 2.21. The molecule has 104 valence electrons. The lowest BCUT2D eigenvalue weighted by molar-refractivity contribution is -0.165. The molecule has 0 N–H and O–H groups in total. The van der Waals surface area contributed by atoms with Crippen molar-refractivity contribution in [2.75, 3.05) is 7.11 Å². The summed E-state index contributed by atoms with van der Waals surface area (Å²) in [6, 6.07) is 8.51. The summed E-state index contributed by atoms with van der Waals surface area (Å²) in [6.45, 7) is 0.